The fourth-order valence-electron chi connectivity index (χ4n) is 5.93. The molecule has 2 aliphatic rings. The molecule has 0 bridgehead atoms. The molecule has 1 aromatic carbocycles. The fourth-order valence-corrected chi connectivity index (χ4v) is 8.03. The molecule has 0 radical (unpaired) electrons. The van der Waals surface area contributed by atoms with Gasteiger partial charge in [-0.25, -0.2) is 4.79 Å². The van der Waals surface area contributed by atoms with Crippen molar-refractivity contribution in [1.82, 2.24) is 8.75 Å². The first-order chi connectivity index (χ1) is 21.5. The predicted molar refractivity (Wildman–Crippen MR) is 175 cm³/mol. The smallest absolute Gasteiger partial charge is 0.333 e. The van der Waals surface area contributed by atoms with Crippen LogP contribution in [0.25, 0.3) is 31.9 Å². The first-order valence-corrected chi connectivity index (χ1v) is 17.7. The molecule has 0 N–H and O–H groups in total. The van der Waals surface area contributed by atoms with Crippen molar-refractivity contribution in [2.45, 2.75) is 76.9 Å². The van der Waals surface area contributed by atoms with Gasteiger partial charge in [0, 0.05) is 15.3 Å². The van der Waals surface area contributed by atoms with Crippen LogP contribution < -0.4 is 9.47 Å². The Labute approximate surface area is 269 Å². The second kappa shape index (κ2) is 14.2. The van der Waals surface area contributed by atoms with Gasteiger partial charge < -0.3 is 18.9 Å². The predicted octanol–water partition coefficient (Wildman–Crippen LogP) is 8.46. The molecule has 2 saturated carbocycles. The van der Waals surface area contributed by atoms with Gasteiger partial charge in [0.05, 0.1) is 41.0 Å². The highest BCUT2D eigenvalue weighted by Crippen LogP contribution is 2.53. The molecule has 6 rings (SSSR count). The zero-order valence-electron chi connectivity index (χ0n) is 24.8. The Kier molecular flexibility index (Phi) is 9.93. The lowest BCUT2D eigenvalue weighted by Crippen LogP contribution is -2.30. The first kappa shape index (κ1) is 30.7. The molecule has 44 heavy (non-hydrogen) atoms. The number of nitrogens with zero attached hydrogens (tertiary/aromatic N) is 2. The molecule has 0 saturated heterocycles. The first-order valence-electron chi connectivity index (χ1n) is 15.2. The summed E-state index contributed by atoms with van der Waals surface area (Å²) < 4.78 is 34.0. The molecule has 3 aromatic heterocycles. The van der Waals surface area contributed by atoms with Gasteiger partial charge in [-0.2, -0.15) is 8.75 Å². The number of benzene rings is 1. The van der Waals surface area contributed by atoms with Crippen LogP contribution in [0.4, 0.5) is 0 Å². The minimum atomic E-state index is -0.485. The average molecular weight is 653 g/mol. The van der Waals surface area contributed by atoms with Gasteiger partial charge >= 0.3 is 11.9 Å². The number of esters is 2. The van der Waals surface area contributed by atoms with Crippen LogP contribution in [0, 0.1) is 5.92 Å². The highest BCUT2D eigenvalue weighted by molar-refractivity contribution is 7.14. The Morgan fingerprint density at radius 3 is 1.86 bits per heavy atom. The normalized spacial score (nSPS) is 19.0. The summed E-state index contributed by atoms with van der Waals surface area (Å²) in [6.07, 6.45) is 8.33. The van der Waals surface area contributed by atoms with E-state index in [1.165, 1.54) is 18.1 Å². The highest BCUT2D eigenvalue weighted by atomic mass is 32.1. The second-order valence-electron chi connectivity index (χ2n) is 11.4. The zero-order chi connectivity index (χ0) is 30.5. The zero-order valence-corrected chi connectivity index (χ0v) is 27.2. The van der Waals surface area contributed by atoms with Gasteiger partial charge in [0.2, 0.25) is 0 Å². The number of ether oxygens (including phenoxy) is 4. The third-order valence-electron chi connectivity index (χ3n) is 8.20. The van der Waals surface area contributed by atoms with Gasteiger partial charge in [0.1, 0.15) is 24.2 Å². The summed E-state index contributed by atoms with van der Waals surface area (Å²) in [4.78, 5) is 26.5. The minimum absolute atomic E-state index is 0.0195. The molecule has 3 heterocycles. The second-order valence-corrected chi connectivity index (χ2v) is 13.8. The third-order valence-corrected chi connectivity index (χ3v) is 10.5. The van der Waals surface area contributed by atoms with Gasteiger partial charge in [0.25, 0.3) is 0 Å². The summed E-state index contributed by atoms with van der Waals surface area (Å²) in [7, 11) is 0. The molecule has 0 aliphatic heterocycles. The maximum atomic E-state index is 12.8. The van der Waals surface area contributed by atoms with Crippen LogP contribution in [0.5, 0.6) is 11.5 Å². The Balaban J connectivity index is 1.26. The standard InChI is InChI=1S/C33H36N2O6S3/c1-20(2)32(36)38-16-17-39-33(37)21-12-14-23(15-13-21)41-31-27(25-11-7-19-43-25)29-28(34-44-35-29)26(24-10-6-18-42-24)30(31)40-22-8-4-3-5-9-22/h6-7,10-11,18-19,21-23H,1,3-5,8-9,12-17H2,2H3. The van der Waals surface area contributed by atoms with E-state index in [0.717, 1.165) is 69.1 Å². The molecule has 8 nitrogen and oxygen atoms in total. The number of fused-ring (bicyclic) bond motifs is 1. The van der Waals surface area contributed by atoms with Crippen molar-refractivity contribution in [3.63, 3.8) is 0 Å². The molecule has 0 unspecified atom stereocenters. The summed E-state index contributed by atoms with van der Waals surface area (Å²) >= 11 is 4.53. The SMILES string of the molecule is C=C(C)C(=O)OCCOC(=O)C1CCC(Oc2c(OC3CCCCC3)c(-c3cccs3)c3nsnc3c2-c2cccs2)CC1. The average Bonchev–Trinajstić information content (AvgIpc) is 3.84. The van der Waals surface area contributed by atoms with Gasteiger partial charge in [-0.05, 0) is 81.2 Å². The van der Waals surface area contributed by atoms with E-state index in [0.29, 0.717) is 31.3 Å². The molecule has 232 valence electrons. The molecular formula is C33H36N2O6S3. The van der Waals surface area contributed by atoms with Crippen LogP contribution >= 0.6 is 34.4 Å². The number of rotatable bonds is 11. The number of carbonyl (C=O) groups excluding carboxylic acids is 2. The number of hydrogen-bond donors (Lipinski definition) is 0. The maximum absolute atomic E-state index is 12.8. The lowest BCUT2D eigenvalue weighted by Gasteiger charge is -2.31. The van der Waals surface area contributed by atoms with Crippen LogP contribution in [0.2, 0.25) is 0 Å². The summed E-state index contributed by atoms with van der Waals surface area (Å²) in [6.45, 7) is 5.19. The molecule has 11 heteroatoms. The number of aromatic nitrogens is 2. The Bertz CT molecular complexity index is 1580. The van der Waals surface area contributed by atoms with E-state index in [9.17, 15) is 9.59 Å². The Hall–Kier alpha value is -3.28. The van der Waals surface area contributed by atoms with Crippen molar-refractivity contribution >= 4 is 57.4 Å². The molecule has 2 aliphatic carbocycles. The molecule has 0 amide bonds. The number of carbonyl (C=O) groups is 2. The van der Waals surface area contributed by atoms with E-state index in [4.69, 9.17) is 27.7 Å². The monoisotopic (exact) mass is 652 g/mol. The maximum Gasteiger partial charge on any atom is 0.333 e. The van der Waals surface area contributed by atoms with Crippen molar-refractivity contribution in [2.75, 3.05) is 13.2 Å². The van der Waals surface area contributed by atoms with Crippen LogP contribution in [-0.2, 0) is 19.1 Å². The lowest BCUT2D eigenvalue weighted by atomic mass is 9.87. The van der Waals surface area contributed by atoms with Crippen LogP contribution in [0.3, 0.4) is 0 Å². The highest BCUT2D eigenvalue weighted by Gasteiger charge is 2.34. The van der Waals surface area contributed by atoms with Crippen LogP contribution in [0.1, 0.15) is 64.7 Å². The van der Waals surface area contributed by atoms with Crippen molar-refractivity contribution < 1.29 is 28.5 Å². The third kappa shape index (κ3) is 6.84. The van der Waals surface area contributed by atoms with Gasteiger partial charge in [0.15, 0.2) is 11.5 Å². The van der Waals surface area contributed by atoms with E-state index < -0.39 is 5.97 Å². The lowest BCUT2D eigenvalue weighted by molar-refractivity contribution is -0.154. The van der Waals surface area contributed by atoms with Crippen molar-refractivity contribution in [3.05, 3.63) is 47.2 Å². The number of thiophene rings is 2. The van der Waals surface area contributed by atoms with Gasteiger partial charge in [-0.3, -0.25) is 4.79 Å². The van der Waals surface area contributed by atoms with E-state index in [1.54, 1.807) is 29.6 Å². The molecule has 0 spiro atoms. The quantitative estimate of drug-likeness (QED) is 0.0905. The van der Waals surface area contributed by atoms with Crippen LogP contribution in [-0.4, -0.2) is 46.1 Å². The van der Waals surface area contributed by atoms with Crippen molar-refractivity contribution in [2.24, 2.45) is 5.92 Å². The Morgan fingerprint density at radius 1 is 0.795 bits per heavy atom. The fraction of sp³-hybridized carbons (Fsp3) is 0.455. The summed E-state index contributed by atoms with van der Waals surface area (Å²) in [5.74, 6) is 0.528. The largest absolute Gasteiger partial charge is 0.486 e. The van der Waals surface area contributed by atoms with Crippen molar-refractivity contribution in [1.29, 1.82) is 0 Å². The van der Waals surface area contributed by atoms with E-state index in [-0.39, 0.29) is 37.3 Å². The van der Waals surface area contributed by atoms with Gasteiger partial charge in [-0.15, -0.1) is 22.7 Å². The number of hydrogen-bond acceptors (Lipinski definition) is 11. The van der Waals surface area contributed by atoms with E-state index >= 15 is 0 Å². The Morgan fingerprint density at radius 2 is 1.34 bits per heavy atom. The molecule has 4 aromatic rings. The van der Waals surface area contributed by atoms with Gasteiger partial charge in [-0.1, -0.05) is 25.1 Å². The van der Waals surface area contributed by atoms with Crippen molar-refractivity contribution in [3.8, 4) is 32.4 Å². The minimum Gasteiger partial charge on any atom is -0.486 e. The summed E-state index contributed by atoms with van der Waals surface area (Å²) in [5, 5.41) is 4.14. The topological polar surface area (TPSA) is 96.8 Å². The summed E-state index contributed by atoms with van der Waals surface area (Å²) in [5.41, 5.74) is 3.88. The molecule has 2 fully saturated rings. The molecule has 0 atom stereocenters. The van der Waals surface area contributed by atoms with E-state index in [1.807, 2.05) is 6.07 Å². The molecular weight excluding hydrogens is 617 g/mol. The van der Waals surface area contributed by atoms with E-state index in [2.05, 4.69) is 35.5 Å². The van der Waals surface area contributed by atoms with Crippen LogP contribution in [0.15, 0.2) is 47.2 Å². The summed E-state index contributed by atoms with van der Waals surface area (Å²) in [6, 6.07) is 8.30.